The molecule has 2 atom stereocenters. The molecule has 1 amide bonds. The Kier molecular flexibility index (Phi) is 3.23. The maximum atomic E-state index is 12.2. The second-order valence-corrected chi connectivity index (χ2v) is 6.65. The number of fused-ring (bicyclic) bond motifs is 1. The Labute approximate surface area is 126 Å². The first-order valence-corrected chi connectivity index (χ1v) is 8.08. The summed E-state index contributed by atoms with van der Waals surface area (Å²) in [5.41, 5.74) is 2.33. The SMILES string of the molecule is CN1C(=O)CC(NC2CCN(C3CC3)C2)c2ccccc21. The lowest BCUT2D eigenvalue weighted by atomic mass is 9.95. The Hall–Kier alpha value is -1.39. The summed E-state index contributed by atoms with van der Waals surface area (Å²) in [6.07, 6.45) is 4.54. The molecule has 2 aliphatic heterocycles. The number of rotatable bonds is 3. The second kappa shape index (κ2) is 5.11. The van der Waals surface area contributed by atoms with E-state index in [4.69, 9.17) is 0 Å². The number of amides is 1. The zero-order chi connectivity index (χ0) is 14.4. The van der Waals surface area contributed by atoms with Crippen molar-refractivity contribution in [1.82, 2.24) is 10.2 Å². The summed E-state index contributed by atoms with van der Waals surface area (Å²) < 4.78 is 0. The van der Waals surface area contributed by atoms with E-state index < -0.39 is 0 Å². The molecular formula is C17H23N3O. The normalized spacial score (nSPS) is 29.8. The van der Waals surface area contributed by atoms with Gasteiger partial charge in [0.1, 0.15) is 0 Å². The van der Waals surface area contributed by atoms with Crippen molar-refractivity contribution in [2.45, 2.75) is 43.8 Å². The monoisotopic (exact) mass is 285 g/mol. The third-order valence-electron chi connectivity index (χ3n) is 5.15. The van der Waals surface area contributed by atoms with Gasteiger partial charge in [-0.25, -0.2) is 0 Å². The van der Waals surface area contributed by atoms with Gasteiger partial charge in [0.15, 0.2) is 0 Å². The molecule has 0 radical (unpaired) electrons. The van der Waals surface area contributed by atoms with Crippen LogP contribution in [-0.4, -0.2) is 43.0 Å². The molecule has 1 aliphatic carbocycles. The van der Waals surface area contributed by atoms with Crippen LogP contribution in [0.1, 0.15) is 37.3 Å². The second-order valence-electron chi connectivity index (χ2n) is 6.65. The van der Waals surface area contributed by atoms with Crippen LogP contribution in [0.15, 0.2) is 24.3 Å². The fourth-order valence-electron chi connectivity index (χ4n) is 3.77. The number of hydrogen-bond acceptors (Lipinski definition) is 3. The van der Waals surface area contributed by atoms with Crippen molar-refractivity contribution in [3.05, 3.63) is 29.8 Å². The average Bonchev–Trinajstić information content (AvgIpc) is 3.25. The highest BCUT2D eigenvalue weighted by atomic mass is 16.2. The van der Waals surface area contributed by atoms with Crippen molar-refractivity contribution in [2.75, 3.05) is 25.0 Å². The predicted molar refractivity (Wildman–Crippen MR) is 83.3 cm³/mol. The van der Waals surface area contributed by atoms with Crippen molar-refractivity contribution in [3.63, 3.8) is 0 Å². The minimum atomic E-state index is 0.175. The van der Waals surface area contributed by atoms with Crippen LogP contribution in [0, 0.1) is 0 Å². The van der Waals surface area contributed by atoms with Gasteiger partial charge < -0.3 is 10.2 Å². The molecule has 1 aromatic carbocycles. The van der Waals surface area contributed by atoms with Crippen molar-refractivity contribution in [2.24, 2.45) is 0 Å². The van der Waals surface area contributed by atoms with Crippen LogP contribution < -0.4 is 10.2 Å². The van der Waals surface area contributed by atoms with Crippen LogP contribution in [0.3, 0.4) is 0 Å². The highest BCUT2D eigenvalue weighted by molar-refractivity contribution is 5.96. The zero-order valence-corrected chi connectivity index (χ0v) is 12.6. The van der Waals surface area contributed by atoms with E-state index in [1.165, 1.54) is 31.4 Å². The molecule has 1 saturated carbocycles. The molecule has 112 valence electrons. The molecule has 2 fully saturated rings. The molecule has 1 saturated heterocycles. The van der Waals surface area contributed by atoms with Crippen molar-refractivity contribution in [1.29, 1.82) is 0 Å². The van der Waals surface area contributed by atoms with E-state index in [-0.39, 0.29) is 11.9 Å². The van der Waals surface area contributed by atoms with E-state index in [9.17, 15) is 4.79 Å². The first kappa shape index (κ1) is 13.3. The average molecular weight is 285 g/mol. The van der Waals surface area contributed by atoms with E-state index >= 15 is 0 Å². The van der Waals surface area contributed by atoms with Gasteiger partial charge in [-0.3, -0.25) is 9.69 Å². The van der Waals surface area contributed by atoms with Crippen LogP contribution in [0.25, 0.3) is 0 Å². The maximum absolute atomic E-state index is 12.2. The topological polar surface area (TPSA) is 35.6 Å². The van der Waals surface area contributed by atoms with E-state index in [1.54, 1.807) is 4.90 Å². The smallest absolute Gasteiger partial charge is 0.228 e. The number of carbonyl (C=O) groups excluding carboxylic acids is 1. The Balaban J connectivity index is 1.50. The van der Waals surface area contributed by atoms with Crippen molar-refractivity contribution >= 4 is 11.6 Å². The lowest BCUT2D eigenvalue weighted by Gasteiger charge is -2.33. The summed E-state index contributed by atoms with van der Waals surface area (Å²) in [4.78, 5) is 16.6. The van der Waals surface area contributed by atoms with Gasteiger partial charge in [0.2, 0.25) is 5.91 Å². The Morgan fingerprint density at radius 1 is 1.19 bits per heavy atom. The van der Waals surface area contributed by atoms with Crippen molar-refractivity contribution < 1.29 is 4.79 Å². The minimum absolute atomic E-state index is 0.175. The third-order valence-corrected chi connectivity index (χ3v) is 5.15. The van der Waals surface area contributed by atoms with Gasteiger partial charge in [-0.1, -0.05) is 18.2 Å². The predicted octanol–water partition coefficient (Wildman–Crippen LogP) is 1.92. The molecule has 3 aliphatic rings. The minimum Gasteiger partial charge on any atom is -0.315 e. The number of nitrogens with one attached hydrogen (secondary N) is 1. The molecule has 0 bridgehead atoms. The van der Waals surface area contributed by atoms with Crippen LogP contribution in [0.4, 0.5) is 5.69 Å². The van der Waals surface area contributed by atoms with Gasteiger partial charge in [-0.05, 0) is 30.9 Å². The molecule has 0 aromatic heterocycles. The summed E-state index contributed by atoms with van der Waals surface area (Å²) >= 11 is 0. The molecule has 2 heterocycles. The van der Waals surface area contributed by atoms with Crippen LogP contribution in [-0.2, 0) is 4.79 Å². The molecule has 2 unspecified atom stereocenters. The molecule has 4 heteroatoms. The highest BCUT2D eigenvalue weighted by Crippen LogP contribution is 2.35. The first-order valence-electron chi connectivity index (χ1n) is 8.08. The van der Waals surface area contributed by atoms with Crippen LogP contribution in [0.5, 0.6) is 0 Å². The third kappa shape index (κ3) is 2.47. The Morgan fingerprint density at radius 2 is 2.00 bits per heavy atom. The van der Waals surface area contributed by atoms with Gasteiger partial charge in [-0.2, -0.15) is 0 Å². The summed E-state index contributed by atoms with van der Waals surface area (Å²) in [5, 5.41) is 3.75. The van der Waals surface area contributed by atoms with E-state index in [0.717, 1.165) is 18.3 Å². The fraction of sp³-hybridized carbons (Fsp3) is 0.588. The molecule has 1 aromatic rings. The van der Waals surface area contributed by atoms with E-state index in [1.807, 2.05) is 19.2 Å². The largest absolute Gasteiger partial charge is 0.315 e. The number of benzene rings is 1. The molecular weight excluding hydrogens is 262 g/mol. The first-order chi connectivity index (χ1) is 10.2. The summed E-state index contributed by atoms with van der Waals surface area (Å²) in [6, 6.07) is 9.84. The lowest BCUT2D eigenvalue weighted by Crippen LogP contribution is -2.42. The number of hydrogen-bond donors (Lipinski definition) is 1. The zero-order valence-electron chi connectivity index (χ0n) is 12.6. The van der Waals surface area contributed by atoms with Crippen LogP contribution in [0.2, 0.25) is 0 Å². The summed E-state index contributed by atoms with van der Waals surface area (Å²) in [5.74, 6) is 0.211. The number of carbonyl (C=O) groups is 1. The van der Waals surface area contributed by atoms with Gasteiger partial charge >= 0.3 is 0 Å². The van der Waals surface area contributed by atoms with Gasteiger partial charge in [-0.15, -0.1) is 0 Å². The van der Waals surface area contributed by atoms with Crippen LogP contribution >= 0.6 is 0 Å². The van der Waals surface area contributed by atoms with E-state index in [0.29, 0.717) is 12.5 Å². The standard InChI is InChI=1S/C17H23N3O/c1-19-16-5-3-2-4-14(16)15(10-17(19)21)18-12-8-9-20(11-12)13-6-7-13/h2-5,12-13,15,18H,6-11H2,1H3. The van der Waals surface area contributed by atoms with E-state index in [2.05, 4.69) is 22.3 Å². The number of likely N-dealkylation sites (tertiary alicyclic amines) is 1. The number of nitrogens with zero attached hydrogens (tertiary/aromatic N) is 2. The van der Waals surface area contributed by atoms with Gasteiger partial charge in [0.25, 0.3) is 0 Å². The molecule has 4 nitrogen and oxygen atoms in total. The fourth-order valence-corrected chi connectivity index (χ4v) is 3.77. The molecule has 4 rings (SSSR count). The maximum Gasteiger partial charge on any atom is 0.228 e. The molecule has 21 heavy (non-hydrogen) atoms. The number of anilines is 1. The molecule has 1 N–H and O–H groups in total. The Morgan fingerprint density at radius 3 is 2.81 bits per heavy atom. The lowest BCUT2D eigenvalue weighted by molar-refractivity contribution is -0.119. The van der Waals surface area contributed by atoms with Gasteiger partial charge in [0, 0.05) is 50.4 Å². The van der Waals surface area contributed by atoms with Gasteiger partial charge in [0.05, 0.1) is 0 Å². The number of para-hydroxylation sites is 1. The highest BCUT2D eigenvalue weighted by Gasteiger charge is 2.36. The Bertz CT molecular complexity index is 555. The summed E-state index contributed by atoms with van der Waals surface area (Å²) in [7, 11) is 1.88. The molecule has 0 spiro atoms. The van der Waals surface area contributed by atoms with Crippen molar-refractivity contribution in [3.8, 4) is 0 Å². The summed E-state index contributed by atoms with van der Waals surface area (Å²) in [6.45, 7) is 2.36. The quantitative estimate of drug-likeness (QED) is 0.921.